The van der Waals surface area contributed by atoms with E-state index >= 15 is 0 Å². The van der Waals surface area contributed by atoms with E-state index in [2.05, 4.69) is 10.3 Å². The lowest BCUT2D eigenvalue weighted by molar-refractivity contribution is -0.385. The zero-order valence-electron chi connectivity index (χ0n) is 9.73. The van der Waals surface area contributed by atoms with Gasteiger partial charge in [0.1, 0.15) is 12.0 Å². The van der Waals surface area contributed by atoms with Gasteiger partial charge in [-0.3, -0.25) is 10.1 Å². The van der Waals surface area contributed by atoms with E-state index in [9.17, 15) is 10.1 Å². The minimum atomic E-state index is -0.425. The molecule has 0 amide bonds. The van der Waals surface area contributed by atoms with Crippen molar-refractivity contribution < 1.29 is 4.92 Å². The van der Waals surface area contributed by atoms with Gasteiger partial charge in [-0.1, -0.05) is 0 Å². The number of nitrogens with one attached hydrogen (secondary N) is 1. The van der Waals surface area contributed by atoms with Crippen molar-refractivity contribution >= 4 is 11.5 Å². The molecule has 6 heteroatoms. The topological polar surface area (TPSA) is 71.3 Å². The monoisotopic (exact) mass is 224 g/mol. The van der Waals surface area contributed by atoms with Crippen LogP contribution in [-0.4, -0.2) is 42.0 Å². The number of likely N-dealkylation sites (N-methyl/N-ethyl adjacent to an activating group) is 1. The molecule has 1 N–H and O–H groups in total. The van der Waals surface area contributed by atoms with Gasteiger partial charge in [0, 0.05) is 18.7 Å². The van der Waals surface area contributed by atoms with E-state index < -0.39 is 4.92 Å². The second-order valence-electron chi connectivity index (χ2n) is 3.84. The molecule has 0 saturated heterocycles. The second-order valence-corrected chi connectivity index (χ2v) is 3.84. The lowest BCUT2D eigenvalue weighted by atomic mass is 10.2. The predicted octanol–water partition coefficient (Wildman–Crippen LogP) is 1.27. The first-order chi connectivity index (χ1) is 7.50. The SMILES string of the molecule is Cc1cc(NCCN(C)C)ncc1[N+](=O)[O-]. The van der Waals surface area contributed by atoms with E-state index in [0.717, 1.165) is 13.1 Å². The molecular formula is C10H16N4O2. The Kier molecular flexibility index (Phi) is 4.19. The number of aryl methyl sites for hydroxylation is 1. The lowest BCUT2D eigenvalue weighted by Crippen LogP contribution is -2.21. The molecule has 88 valence electrons. The van der Waals surface area contributed by atoms with Crippen molar-refractivity contribution in [1.82, 2.24) is 9.88 Å². The van der Waals surface area contributed by atoms with Crippen LogP contribution in [0.5, 0.6) is 0 Å². The maximum absolute atomic E-state index is 10.6. The summed E-state index contributed by atoms with van der Waals surface area (Å²) in [5.41, 5.74) is 0.672. The van der Waals surface area contributed by atoms with Gasteiger partial charge in [-0.15, -0.1) is 0 Å². The van der Waals surface area contributed by atoms with E-state index in [1.807, 2.05) is 19.0 Å². The molecule has 0 bridgehead atoms. The smallest absolute Gasteiger partial charge is 0.290 e. The highest BCUT2D eigenvalue weighted by atomic mass is 16.6. The molecule has 0 unspecified atom stereocenters. The fourth-order valence-corrected chi connectivity index (χ4v) is 1.24. The number of aromatic nitrogens is 1. The summed E-state index contributed by atoms with van der Waals surface area (Å²) in [6.45, 7) is 3.35. The van der Waals surface area contributed by atoms with Crippen molar-refractivity contribution in [1.29, 1.82) is 0 Å². The van der Waals surface area contributed by atoms with Crippen LogP contribution in [0.2, 0.25) is 0 Å². The number of pyridine rings is 1. The van der Waals surface area contributed by atoms with Gasteiger partial charge in [0.2, 0.25) is 0 Å². The van der Waals surface area contributed by atoms with Crippen LogP contribution >= 0.6 is 0 Å². The molecule has 0 aliphatic carbocycles. The molecule has 0 spiro atoms. The highest BCUT2D eigenvalue weighted by Gasteiger charge is 2.10. The number of rotatable bonds is 5. The van der Waals surface area contributed by atoms with Crippen LogP contribution in [0.15, 0.2) is 12.3 Å². The van der Waals surface area contributed by atoms with Gasteiger partial charge in [0.25, 0.3) is 5.69 Å². The van der Waals surface area contributed by atoms with Crippen molar-refractivity contribution in [2.75, 3.05) is 32.5 Å². The van der Waals surface area contributed by atoms with E-state index in [1.54, 1.807) is 13.0 Å². The van der Waals surface area contributed by atoms with Gasteiger partial charge in [-0.05, 0) is 27.1 Å². The molecule has 16 heavy (non-hydrogen) atoms. The van der Waals surface area contributed by atoms with Crippen LogP contribution in [0.25, 0.3) is 0 Å². The standard InChI is InChI=1S/C10H16N4O2/c1-8-6-10(11-4-5-13(2)3)12-7-9(8)14(15)16/h6-7H,4-5H2,1-3H3,(H,11,12). The molecule has 1 aromatic rings. The zero-order valence-corrected chi connectivity index (χ0v) is 9.73. The Morgan fingerprint density at radius 3 is 2.75 bits per heavy atom. The van der Waals surface area contributed by atoms with Gasteiger partial charge in [0.05, 0.1) is 4.92 Å². The van der Waals surface area contributed by atoms with Gasteiger partial charge in [-0.25, -0.2) is 4.98 Å². The Morgan fingerprint density at radius 2 is 2.25 bits per heavy atom. The third-order valence-corrected chi connectivity index (χ3v) is 2.15. The summed E-state index contributed by atoms with van der Waals surface area (Å²) in [6.07, 6.45) is 1.29. The molecule has 0 aliphatic rings. The van der Waals surface area contributed by atoms with Crippen molar-refractivity contribution in [3.05, 3.63) is 27.9 Å². The van der Waals surface area contributed by atoms with Crippen LogP contribution in [0.4, 0.5) is 11.5 Å². The lowest BCUT2D eigenvalue weighted by Gasteiger charge is -2.10. The van der Waals surface area contributed by atoms with Gasteiger partial charge in [0.15, 0.2) is 0 Å². The molecule has 1 rings (SSSR count). The van der Waals surface area contributed by atoms with Gasteiger partial charge >= 0.3 is 0 Å². The van der Waals surface area contributed by atoms with Crippen LogP contribution < -0.4 is 5.32 Å². The Morgan fingerprint density at radius 1 is 1.56 bits per heavy atom. The zero-order chi connectivity index (χ0) is 12.1. The summed E-state index contributed by atoms with van der Waals surface area (Å²) < 4.78 is 0. The van der Waals surface area contributed by atoms with Crippen LogP contribution in [0, 0.1) is 17.0 Å². The highest BCUT2D eigenvalue weighted by molar-refractivity contribution is 5.46. The van der Waals surface area contributed by atoms with Crippen LogP contribution in [0.3, 0.4) is 0 Å². The van der Waals surface area contributed by atoms with Crippen LogP contribution in [0.1, 0.15) is 5.56 Å². The number of hydrogen-bond donors (Lipinski definition) is 1. The van der Waals surface area contributed by atoms with E-state index in [-0.39, 0.29) is 5.69 Å². The first-order valence-electron chi connectivity index (χ1n) is 5.00. The summed E-state index contributed by atoms with van der Waals surface area (Å²) in [4.78, 5) is 16.2. The van der Waals surface area contributed by atoms with Crippen molar-refractivity contribution in [3.63, 3.8) is 0 Å². The van der Waals surface area contributed by atoms with Crippen molar-refractivity contribution in [3.8, 4) is 0 Å². The number of anilines is 1. The molecular weight excluding hydrogens is 208 g/mol. The van der Waals surface area contributed by atoms with E-state index in [0.29, 0.717) is 11.4 Å². The third-order valence-electron chi connectivity index (χ3n) is 2.15. The first-order valence-corrected chi connectivity index (χ1v) is 5.00. The Balaban J connectivity index is 2.63. The minimum absolute atomic E-state index is 0.0539. The average Bonchev–Trinajstić information content (AvgIpc) is 2.16. The number of nitrogens with zero attached hydrogens (tertiary/aromatic N) is 3. The fourth-order valence-electron chi connectivity index (χ4n) is 1.24. The van der Waals surface area contributed by atoms with E-state index in [1.165, 1.54) is 6.20 Å². The largest absolute Gasteiger partial charge is 0.369 e. The summed E-state index contributed by atoms with van der Waals surface area (Å²) in [5.74, 6) is 0.671. The van der Waals surface area contributed by atoms with E-state index in [4.69, 9.17) is 0 Å². The molecule has 1 aromatic heterocycles. The molecule has 0 atom stereocenters. The quantitative estimate of drug-likeness (QED) is 0.602. The Labute approximate surface area is 94.4 Å². The average molecular weight is 224 g/mol. The minimum Gasteiger partial charge on any atom is -0.369 e. The molecule has 0 fully saturated rings. The molecule has 0 aromatic carbocycles. The summed E-state index contributed by atoms with van der Waals surface area (Å²) in [7, 11) is 3.96. The summed E-state index contributed by atoms with van der Waals surface area (Å²) in [5, 5.41) is 13.7. The van der Waals surface area contributed by atoms with Crippen LogP contribution in [-0.2, 0) is 0 Å². The molecule has 0 saturated carbocycles. The maximum atomic E-state index is 10.6. The third kappa shape index (κ3) is 3.47. The second kappa shape index (κ2) is 5.41. The van der Waals surface area contributed by atoms with Crippen molar-refractivity contribution in [2.45, 2.75) is 6.92 Å². The Hall–Kier alpha value is -1.69. The molecule has 1 heterocycles. The van der Waals surface area contributed by atoms with Crippen molar-refractivity contribution in [2.24, 2.45) is 0 Å². The molecule has 0 aliphatic heterocycles. The molecule has 0 radical (unpaired) electrons. The fraction of sp³-hybridized carbons (Fsp3) is 0.500. The highest BCUT2D eigenvalue weighted by Crippen LogP contribution is 2.18. The summed E-state index contributed by atoms with van der Waals surface area (Å²) >= 11 is 0. The predicted molar refractivity (Wildman–Crippen MR) is 62.7 cm³/mol. The number of hydrogen-bond acceptors (Lipinski definition) is 5. The Bertz CT molecular complexity index is 379. The first kappa shape index (κ1) is 12.4. The van der Waals surface area contributed by atoms with Gasteiger partial charge in [-0.2, -0.15) is 0 Å². The summed E-state index contributed by atoms with van der Waals surface area (Å²) in [6, 6.07) is 1.69. The normalized spacial score (nSPS) is 10.5. The number of nitro groups is 1. The van der Waals surface area contributed by atoms with Gasteiger partial charge < -0.3 is 10.2 Å². The maximum Gasteiger partial charge on any atom is 0.290 e. The molecule has 6 nitrogen and oxygen atoms in total.